The zero-order valence-electron chi connectivity index (χ0n) is 22.5. The fraction of sp³-hybridized carbons (Fsp3) is 0.226. The lowest BCUT2D eigenvalue weighted by molar-refractivity contribution is -0.132. The Hall–Kier alpha value is -3.66. The molecular formula is C31H28ClN3O4S2. The third kappa shape index (κ3) is 6.48. The molecule has 4 aromatic rings. The van der Waals surface area contributed by atoms with E-state index in [2.05, 4.69) is 41.4 Å². The summed E-state index contributed by atoms with van der Waals surface area (Å²) in [6, 6.07) is 21.0. The third-order valence-electron chi connectivity index (χ3n) is 6.59. The lowest BCUT2D eigenvalue weighted by Gasteiger charge is -2.22. The standard InChI is InChI=1S/C31H28ClN3O4S2/c1-3-4-16-39-24-14-12-21(13-15-24)27(36)25-26(22-6-5-7-23(32)17-22)35(29(38)28(25)37)30-33-34-31(41-30)40-18-20-10-8-19(2)9-11-20/h5-15,17,26,36H,3-4,16,18H2,1-2H3/t26-/m0/s1. The van der Waals surface area contributed by atoms with Gasteiger partial charge in [-0.05, 0) is 60.9 Å². The maximum absolute atomic E-state index is 13.5. The van der Waals surface area contributed by atoms with Gasteiger partial charge in [-0.25, -0.2) is 0 Å². The number of aryl methyl sites for hydroxylation is 1. The van der Waals surface area contributed by atoms with Crippen molar-refractivity contribution in [3.8, 4) is 5.75 Å². The highest BCUT2D eigenvalue weighted by molar-refractivity contribution is 8.00. The van der Waals surface area contributed by atoms with Crippen LogP contribution in [0.15, 0.2) is 82.7 Å². The number of anilines is 1. The number of Topliss-reactive ketones (excluding diaryl/α,β-unsaturated/α-hetero) is 1. The van der Waals surface area contributed by atoms with Crippen LogP contribution in [0.25, 0.3) is 5.76 Å². The van der Waals surface area contributed by atoms with Crippen LogP contribution in [0, 0.1) is 6.92 Å². The van der Waals surface area contributed by atoms with Crippen LogP contribution in [0.3, 0.4) is 0 Å². The van der Waals surface area contributed by atoms with Gasteiger partial charge in [0.25, 0.3) is 5.78 Å². The SMILES string of the molecule is CCCCOc1ccc(C(O)=C2C(=O)C(=O)N(c3nnc(SCc4ccc(C)cc4)s3)[C@H]2c2cccc(Cl)c2)cc1. The first-order valence-corrected chi connectivity index (χ1v) is 15.3. The van der Waals surface area contributed by atoms with Crippen molar-refractivity contribution in [1.82, 2.24) is 10.2 Å². The summed E-state index contributed by atoms with van der Waals surface area (Å²) in [5, 5.41) is 20.6. The molecule has 1 aliphatic heterocycles. The van der Waals surface area contributed by atoms with E-state index in [0.29, 0.717) is 38.6 Å². The summed E-state index contributed by atoms with van der Waals surface area (Å²) < 4.78 is 6.38. The first-order valence-electron chi connectivity index (χ1n) is 13.2. The van der Waals surface area contributed by atoms with Crippen LogP contribution in [0.5, 0.6) is 5.75 Å². The zero-order valence-corrected chi connectivity index (χ0v) is 24.9. The van der Waals surface area contributed by atoms with Gasteiger partial charge < -0.3 is 9.84 Å². The topological polar surface area (TPSA) is 92.6 Å². The predicted molar refractivity (Wildman–Crippen MR) is 164 cm³/mol. The zero-order chi connectivity index (χ0) is 28.9. The number of unbranched alkanes of at least 4 members (excludes halogenated alkanes) is 1. The van der Waals surface area contributed by atoms with Gasteiger partial charge in [-0.3, -0.25) is 14.5 Å². The molecule has 10 heteroatoms. The van der Waals surface area contributed by atoms with Gasteiger partial charge in [0, 0.05) is 16.3 Å². The number of nitrogens with zero attached hydrogens (tertiary/aromatic N) is 3. The van der Waals surface area contributed by atoms with Crippen molar-refractivity contribution in [2.75, 3.05) is 11.5 Å². The number of carbonyl (C=O) groups excluding carboxylic acids is 2. The summed E-state index contributed by atoms with van der Waals surface area (Å²) in [6.45, 7) is 4.72. The molecule has 3 aromatic carbocycles. The number of aliphatic hydroxyl groups excluding tert-OH is 1. The number of halogens is 1. The number of aromatic nitrogens is 2. The number of thioether (sulfide) groups is 1. The molecule has 1 amide bonds. The van der Waals surface area contributed by atoms with Crippen LogP contribution < -0.4 is 9.64 Å². The summed E-state index contributed by atoms with van der Waals surface area (Å²) >= 11 is 9.03. The molecule has 2 heterocycles. The molecule has 5 rings (SSSR count). The van der Waals surface area contributed by atoms with Crippen LogP contribution in [-0.4, -0.2) is 33.6 Å². The number of aliphatic hydroxyl groups is 1. The fourth-order valence-corrected chi connectivity index (χ4v) is 6.43. The van der Waals surface area contributed by atoms with Crippen LogP contribution in [-0.2, 0) is 15.3 Å². The number of hydrogen-bond acceptors (Lipinski definition) is 8. The Balaban J connectivity index is 1.48. The average Bonchev–Trinajstić information content (AvgIpc) is 3.55. The van der Waals surface area contributed by atoms with Crippen LogP contribution in [0.4, 0.5) is 5.13 Å². The first-order chi connectivity index (χ1) is 19.9. The van der Waals surface area contributed by atoms with E-state index >= 15 is 0 Å². The van der Waals surface area contributed by atoms with Gasteiger partial charge in [-0.1, -0.05) is 90.0 Å². The molecule has 210 valence electrons. The van der Waals surface area contributed by atoms with Crippen molar-refractivity contribution >= 4 is 57.3 Å². The number of carbonyl (C=O) groups is 2. The Morgan fingerprint density at radius 3 is 2.54 bits per heavy atom. The second kappa shape index (κ2) is 12.9. The monoisotopic (exact) mass is 605 g/mol. The van der Waals surface area contributed by atoms with E-state index < -0.39 is 17.7 Å². The molecule has 1 fully saturated rings. The molecule has 0 aliphatic carbocycles. The summed E-state index contributed by atoms with van der Waals surface area (Å²) in [5.41, 5.74) is 3.25. The van der Waals surface area contributed by atoms with Crippen molar-refractivity contribution in [3.05, 3.63) is 106 Å². The molecule has 1 saturated heterocycles. The van der Waals surface area contributed by atoms with Crippen molar-refractivity contribution in [3.63, 3.8) is 0 Å². The number of benzene rings is 3. The van der Waals surface area contributed by atoms with E-state index in [9.17, 15) is 14.7 Å². The molecule has 7 nitrogen and oxygen atoms in total. The molecule has 0 unspecified atom stereocenters. The molecule has 0 saturated carbocycles. The molecule has 0 radical (unpaired) electrons. The number of ether oxygens (including phenoxy) is 1. The highest BCUT2D eigenvalue weighted by atomic mass is 35.5. The minimum Gasteiger partial charge on any atom is -0.507 e. The van der Waals surface area contributed by atoms with Crippen molar-refractivity contribution in [2.45, 2.75) is 42.8 Å². The lowest BCUT2D eigenvalue weighted by atomic mass is 9.95. The number of ketones is 1. The number of hydrogen-bond donors (Lipinski definition) is 1. The molecule has 1 N–H and O–H groups in total. The summed E-state index contributed by atoms with van der Waals surface area (Å²) in [7, 11) is 0. The van der Waals surface area contributed by atoms with Crippen molar-refractivity contribution in [2.24, 2.45) is 0 Å². The van der Waals surface area contributed by atoms with E-state index in [4.69, 9.17) is 16.3 Å². The van der Waals surface area contributed by atoms with E-state index in [1.807, 2.05) is 6.92 Å². The molecular weight excluding hydrogens is 578 g/mol. The maximum atomic E-state index is 13.5. The molecule has 0 spiro atoms. The third-order valence-corrected chi connectivity index (χ3v) is 8.95. The van der Waals surface area contributed by atoms with Gasteiger partial charge in [0.05, 0.1) is 18.2 Å². The van der Waals surface area contributed by atoms with Gasteiger partial charge >= 0.3 is 5.91 Å². The molecule has 0 bridgehead atoms. The van der Waals surface area contributed by atoms with E-state index in [1.165, 1.54) is 33.6 Å². The molecule has 1 aliphatic rings. The second-order valence-corrected chi connectivity index (χ2v) is 12.2. The highest BCUT2D eigenvalue weighted by Crippen LogP contribution is 2.44. The van der Waals surface area contributed by atoms with Gasteiger partial charge in [0.15, 0.2) is 4.34 Å². The Kier molecular flexibility index (Phi) is 9.07. The minimum atomic E-state index is -0.933. The van der Waals surface area contributed by atoms with Crippen LogP contribution in [0.2, 0.25) is 5.02 Å². The highest BCUT2D eigenvalue weighted by Gasteiger charge is 2.48. The van der Waals surface area contributed by atoms with E-state index in [-0.39, 0.29) is 16.5 Å². The normalized spacial score (nSPS) is 16.4. The lowest BCUT2D eigenvalue weighted by Crippen LogP contribution is -2.29. The Morgan fingerprint density at radius 2 is 1.83 bits per heavy atom. The van der Waals surface area contributed by atoms with Gasteiger partial charge in [-0.15, -0.1) is 10.2 Å². The van der Waals surface area contributed by atoms with Gasteiger partial charge in [0.1, 0.15) is 11.5 Å². The Bertz CT molecular complexity index is 1590. The summed E-state index contributed by atoms with van der Waals surface area (Å²) in [4.78, 5) is 28.2. The van der Waals surface area contributed by atoms with E-state index in [1.54, 1.807) is 48.5 Å². The van der Waals surface area contributed by atoms with E-state index in [0.717, 1.165) is 18.4 Å². The minimum absolute atomic E-state index is 0.0408. The fourth-order valence-electron chi connectivity index (χ4n) is 4.41. The maximum Gasteiger partial charge on any atom is 0.301 e. The van der Waals surface area contributed by atoms with Crippen molar-refractivity contribution < 1.29 is 19.4 Å². The van der Waals surface area contributed by atoms with Gasteiger partial charge in [-0.2, -0.15) is 0 Å². The number of amides is 1. The Morgan fingerprint density at radius 1 is 1.07 bits per heavy atom. The van der Waals surface area contributed by atoms with Crippen LogP contribution in [0.1, 0.15) is 48.1 Å². The van der Waals surface area contributed by atoms with Crippen LogP contribution >= 0.6 is 34.7 Å². The Labute approximate surface area is 251 Å². The largest absolute Gasteiger partial charge is 0.507 e. The predicted octanol–water partition coefficient (Wildman–Crippen LogP) is 7.60. The second-order valence-electron chi connectivity index (χ2n) is 9.58. The molecule has 41 heavy (non-hydrogen) atoms. The van der Waals surface area contributed by atoms with Crippen molar-refractivity contribution in [1.29, 1.82) is 0 Å². The van der Waals surface area contributed by atoms with Gasteiger partial charge in [0.2, 0.25) is 5.13 Å². The number of rotatable bonds is 10. The smallest absolute Gasteiger partial charge is 0.301 e. The average molecular weight is 606 g/mol. The molecule has 1 atom stereocenters. The first kappa shape index (κ1) is 28.9. The summed E-state index contributed by atoms with van der Waals surface area (Å²) in [6.07, 6.45) is 1.95. The molecule has 1 aromatic heterocycles. The summed E-state index contributed by atoms with van der Waals surface area (Å²) in [5.74, 6) is -0.535. The quantitative estimate of drug-likeness (QED) is 0.0497.